The Balaban J connectivity index is 1.63. The SMILES string of the molecule is Cc1coc2cc3oc(=O)c(CC(=O)NC[C@@H]4CCCO4)c(C)c3cc12. The van der Waals surface area contributed by atoms with Crippen LogP contribution in [-0.4, -0.2) is 25.2 Å². The van der Waals surface area contributed by atoms with Crippen molar-refractivity contribution >= 4 is 27.8 Å². The van der Waals surface area contributed by atoms with E-state index in [0.717, 1.165) is 41.3 Å². The van der Waals surface area contributed by atoms with Gasteiger partial charge in [0.25, 0.3) is 0 Å². The highest BCUT2D eigenvalue weighted by molar-refractivity contribution is 5.96. The molecule has 1 aliphatic heterocycles. The Hall–Kier alpha value is -2.60. The lowest BCUT2D eigenvalue weighted by molar-refractivity contribution is -0.121. The largest absolute Gasteiger partial charge is 0.464 e. The molecular weight excluding hydrogens is 334 g/mol. The predicted molar refractivity (Wildman–Crippen MR) is 97.4 cm³/mol. The average molecular weight is 355 g/mol. The number of carbonyl (C=O) groups excluding carboxylic acids is 1. The third-order valence-electron chi connectivity index (χ3n) is 5.06. The van der Waals surface area contributed by atoms with Crippen molar-refractivity contribution in [2.75, 3.05) is 13.2 Å². The molecule has 0 unspecified atom stereocenters. The summed E-state index contributed by atoms with van der Waals surface area (Å²) in [6.07, 6.45) is 3.73. The standard InChI is InChI=1S/C20H21NO5/c1-11-10-25-17-8-18-15(6-14(11)17)12(2)16(20(23)26-18)7-19(22)21-9-13-4-3-5-24-13/h6,8,10,13H,3-5,7,9H2,1-2H3,(H,21,22)/t13-/m0/s1. The van der Waals surface area contributed by atoms with Gasteiger partial charge in [-0.1, -0.05) is 0 Å². The van der Waals surface area contributed by atoms with Gasteiger partial charge in [0.2, 0.25) is 5.91 Å². The Labute approximate surface area is 150 Å². The van der Waals surface area contributed by atoms with Crippen LogP contribution in [0.3, 0.4) is 0 Å². The van der Waals surface area contributed by atoms with Crippen LogP contribution in [0.15, 0.2) is 32.0 Å². The van der Waals surface area contributed by atoms with Gasteiger partial charge in [0.15, 0.2) is 0 Å². The number of benzene rings is 1. The fourth-order valence-electron chi connectivity index (χ4n) is 3.50. The zero-order chi connectivity index (χ0) is 18.3. The summed E-state index contributed by atoms with van der Waals surface area (Å²) in [5.41, 5.74) is 2.85. The van der Waals surface area contributed by atoms with E-state index in [0.29, 0.717) is 23.3 Å². The molecule has 1 amide bonds. The monoisotopic (exact) mass is 355 g/mol. The van der Waals surface area contributed by atoms with Gasteiger partial charge in [-0.2, -0.15) is 0 Å². The van der Waals surface area contributed by atoms with Crippen molar-refractivity contribution in [3.05, 3.63) is 45.5 Å². The van der Waals surface area contributed by atoms with Gasteiger partial charge < -0.3 is 18.9 Å². The molecule has 0 bridgehead atoms. The van der Waals surface area contributed by atoms with Crippen LogP contribution in [0.1, 0.15) is 29.5 Å². The minimum Gasteiger partial charge on any atom is -0.464 e. The van der Waals surface area contributed by atoms with E-state index >= 15 is 0 Å². The Bertz CT molecular complexity index is 1040. The molecule has 136 valence electrons. The molecule has 0 saturated carbocycles. The Kier molecular flexibility index (Phi) is 4.28. The zero-order valence-electron chi connectivity index (χ0n) is 14.9. The summed E-state index contributed by atoms with van der Waals surface area (Å²) in [6.45, 7) is 5.04. The normalized spacial score (nSPS) is 17.2. The van der Waals surface area contributed by atoms with Gasteiger partial charge in [0.1, 0.15) is 11.2 Å². The van der Waals surface area contributed by atoms with Crippen molar-refractivity contribution < 1.29 is 18.4 Å². The van der Waals surface area contributed by atoms with E-state index in [1.807, 2.05) is 19.9 Å². The molecule has 6 heteroatoms. The number of carbonyl (C=O) groups is 1. The number of amides is 1. The summed E-state index contributed by atoms with van der Waals surface area (Å²) in [4.78, 5) is 24.7. The lowest BCUT2D eigenvalue weighted by atomic mass is 10.0. The number of fused-ring (bicyclic) bond motifs is 2. The summed E-state index contributed by atoms with van der Waals surface area (Å²) in [5, 5.41) is 4.65. The molecule has 1 atom stereocenters. The first-order valence-corrected chi connectivity index (χ1v) is 8.85. The molecular formula is C20H21NO5. The van der Waals surface area contributed by atoms with Crippen LogP contribution in [0.5, 0.6) is 0 Å². The van der Waals surface area contributed by atoms with Crippen LogP contribution in [0, 0.1) is 13.8 Å². The second-order valence-corrected chi connectivity index (χ2v) is 6.87. The van der Waals surface area contributed by atoms with Crippen LogP contribution in [0.4, 0.5) is 0 Å². The van der Waals surface area contributed by atoms with Crippen LogP contribution in [0.25, 0.3) is 21.9 Å². The van der Waals surface area contributed by atoms with E-state index in [1.54, 1.807) is 12.3 Å². The molecule has 1 aromatic carbocycles. The second-order valence-electron chi connectivity index (χ2n) is 6.87. The molecule has 1 fully saturated rings. The van der Waals surface area contributed by atoms with Crippen LogP contribution in [-0.2, 0) is 16.0 Å². The number of nitrogens with one attached hydrogen (secondary N) is 1. The van der Waals surface area contributed by atoms with Gasteiger partial charge in [-0.05, 0) is 43.9 Å². The lowest BCUT2D eigenvalue weighted by Crippen LogP contribution is -2.34. The van der Waals surface area contributed by atoms with Gasteiger partial charge in [0.05, 0.1) is 24.4 Å². The maximum atomic E-state index is 12.4. The molecule has 1 aliphatic rings. The van der Waals surface area contributed by atoms with Crippen LogP contribution in [0.2, 0.25) is 0 Å². The van der Waals surface area contributed by atoms with Crippen molar-refractivity contribution in [3.63, 3.8) is 0 Å². The Morgan fingerprint density at radius 2 is 2.08 bits per heavy atom. The summed E-state index contributed by atoms with van der Waals surface area (Å²) in [5.74, 6) is -0.198. The first-order chi connectivity index (χ1) is 12.5. The predicted octanol–water partition coefficient (Wildman–Crippen LogP) is 2.99. The van der Waals surface area contributed by atoms with Gasteiger partial charge >= 0.3 is 5.63 Å². The lowest BCUT2D eigenvalue weighted by Gasteiger charge is -2.12. The third-order valence-corrected chi connectivity index (χ3v) is 5.06. The first-order valence-electron chi connectivity index (χ1n) is 8.85. The molecule has 0 spiro atoms. The maximum Gasteiger partial charge on any atom is 0.340 e. The van der Waals surface area contributed by atoms with E-state index in [1.165, 1.54) is 0 Å². The summed E-state index contributed by atoms with van der Waals surface area (Å²) < 4.78 is 16.4. The summed E-state index contributed by atoms with van der Waals surface area (Å²) in [6, 6.07) is 3.68. The van der Waals surface area contributed by atoms with Crippen LogP contribution >= 0.6 is 0 Å². The minimum absolute atomic E-state index is 0.000761. The highest BCUT2D eigenvalue weighted by Crippen LogP contribution is 2.28. The molecule has 6 nitrogen and oxygen atoms in total. The minimum atomic E-state index is -0.482. The highest BCUT2D eigenvalue weighted by atomic mass is 16.5. The number of furan rings is 1. The number of aryl methyl sites for hydroxylation is 2. The molecule has 3 heterocycles. The molecule has 0 radical (unpaired) electrons. The quantitative estimate of drug-likeness (QED) is 0.728. The van der Waals surface area contributed by atoms with Crippen LogP contribution < -0.4 is 10.9 Å². The van der Waals surface area contributed by atoms with E-state index in [4.69, 9.17) is 13.6 Å². The highest BCUT2D eigenvalue weighted by Gasteiger charge is 2.19. The van der Waals surface area contributed by atoms with Crippen molar-refractivity contribution in [1.29, 1.82) is 0 Å². The van der Waals surface area contributed by atoms with Gasteiger partial charge in [-0.3, -0.25) is 4.79 Å². The zero-order valence-corrected chi connectivity index (χ0v) is 14.9. The van der Waals surface area contributed by atoms with E-state index < -0.39 is 5.63 Å². The molecule has 26 heavy (non-hydrogen) atoms. The smallest absolute Gasteiger partial charge is 0.340 e. The molecule has 3 aromatic rings. The Morgan fingerprint density at radius 1 is 1.23 bits per heavy atom. The van der Waals surface area contributed by atoms with Gasteiger partial charge in [-0.25, -0.2) is 4.79 Å². The third kappa shape index (κ3) is 3.01. The molecule has 2 aromatic heterocycles. The van der Waals surface area contributed by atoms with Gasteiger partial charge in [0, 0.05) is 30.0 Å². The van der Waals surface area contributed by atoms with E-state index in [9.17, 15) is 9.59 Å². The first kappa shape index (κ1) is 16.8. The number of rotatable bonds is 4. The molecule has 0 aliphatic carbocycles. The number of ether oxygens (including phenoxy) is 1. The number of hydrogen-bond acceptors (Lipinski definition) is 5. The fraction of sp³-hybridized carbons (Fsp3) is 0.400. The van der Waals surface area contributed by atoms with Crippen molar-refractivity contribution in [2.45, 2.75) is 39.2 Å². The molecule has 4 rings (SSSR count). The summed E-state index contributed by atoms with van der Waals surface area (Å²) in [7, 11) is 0. The van der Waals surface area contributed by atoms with Crippen molar-refractivity contribution in [1.82, 2.24) is 5.32 Å². The maximum absolute atomic E-state index is 12.4. The Morgan fingerprint density at radius 3 is 2.85 bits per heavy atom. The average Bonchev–Trinajstić information content (AvgIpc) is 3.26. The van der Waals surface area contributed by atoms with E-state index in [-0.39, 0.29) is 18.4 Å². The topological polar surface area (TPSA) is 81.7 Å². The second kappa shape index (κ2) is 6.61. The summed E-state index contributed by atoms with van der Waals surface area (Å²) >= 11 is 0. The fourth-order valence-corrected chi connectivity index (χ4v) is 3.50. The van der Waals surface area contributed by atoms with E-state index in [2.05, 4.69) is 5.32 Å². The molecule has 1 saturated heterocycles. The van der Waals surface area contributed by atoms with Gasteiger partial charge in [-0.15, -0.1) is 0 Å². The van der Waals surface area contributed by atoms with Crippen molar-refractivity contribution in [3.8, 4) is 0 Å². The molecule has 1 N–H and O–H groups in total. The number of hydrogen-bond donors (Lipinski definition) is 1. The van der Waals surface area contributed by atoms with Crippen molar-refractivity contribution in [2.24, 2.45) is 0 Å².